The molecule has 0 bridgehead atoms. The topological polar surface area (TPSA) is 59.7 Å². The Hall–Kier alpha value is -1.29. The predicted molar refractivity (Wildman–Crippen MR) is 66.4 cm³/mol. The zero-order chi connectivity index (χ0) is 13.1. The van der Waals surface area contributed by atoms with Crippen molar-refractivity contribution in [1.29, 1.82) is 0 Å². The summed E-state index contributed by atoms with van der Waals surface area (Å²) in [5.41, 5.74) is 0.180. The molecule has 100 valence electrons. The summed E-state index contributed by atoms with van der Waals surface area (Å²) in [6, 6.07) is 1.53. The summed E-state index contributed by atoms with van der Waals surface area (Å²) in [4.78, 5) is 10.7. The summed E-state index contributed by atoms with van der Waals surface area (Å²) in [5, 5.41) is 8.78. The van der Waals surface area contributed by atoms with Gasteiger partial charge in [0, 0.05) is 0 Å². The van der Waals surface area contributed by atoms with Gasteiger partial charge in [0.2, 0.25) is 0 Å². The highest BCUT2D eigenvalue weighted by Crippen LogP contribution is 2.31. The molecule has 1 heterocycles. The van der Waals surface area contributed by atoms with E-state index in [0.717, 1.165) is 18.8 Å². The number of furan rings is 1. The highest BCUT2D eigenvalue weighted by Gasteiger charge is 2.25. The van der Waals surface area contributed by atoms with E-state index in [9.17, 15) is 4.79 Å². The number of rotatable bonds is 4. The van der Waals surface area contributed by atoms with Crippen molar-refractivity contribution in [1.82, 2.24) is 0 Å². The number of ether oxygens (including phenoxy) is 1. The summed E-state index contributed by atoms with van der Waals surface area (Å²) in [6.07, 6.45) is 4.89. The Kier molecular flexibility index (Phi) is 4.07. The number of aromatic carboxylic acids is 1. The molecule has 0 aromatic carbocycles. The van der Waals surface area contributed by atoms with Crippen LogP contribution in [0.1, 0.15) is 49.2 Å². The second kappa shape index (κ2) is 5.57. The maximum Gasteiger partial charge on any atom is 0.338 e. The van der Waals surface area contributed by atoms with Gasteiger partial charge in [-0.3, -0.25) is 0 Å². The summed E-state index contributed by atoms with van der Waals surface area (Å²) in [6.45, 7) is 4.90. The first-order valence-corrected chi connectivity index (χ1v) is 6.48. The van der Waals surface area contributed by atoms with E-state index < -0.39 is 5.97 Å². The van der Waals surface area contributed by atoms with Crippen LogP contribution in [0.5, 0.6) is 0 Å². The zero-order valence-electron chi connectivity index (χ0n) is 10.9. The third-order valence-corrected chi connectivity index (χ3v) is 3.91. The van der Waals surface area contributed by atoms with E-state index in [1.807, 2.05) is 0 Å². The lowest BCUT2D eigenvalue weighted by Crippen LogP contribution is -2.26. The normalized spacial score (nSPS) is 28.2. The molecule has 18 heavy (non-hydrogen) atoms. The Balaban J connectivity index is 1.82. The average molecular weight is 252 g/mol. The summed E-state index contributed by atoms with van der Waals surface area (Å²) < 4.78 is 11.0. The van der Waals surface area contributed by atoms with Crippen molar-refractivity contribution < 1.29 is 19.1 Å². The van der Waals surface area contributed by atoms with Crippen LogP contribution in [0.25, 0.3) is 0 Å². The summed E-state index contributed by atoms with van der Waals surface area (Å²) in [5.74, 6) is 1.07. The number of hydrogen-bond acceptors (Lipinski definition) is 3. The van der Waals surface area contributed by atoms with Crippen LogP contribution >= 0.6 is 0 Å². The highest BCUT2D eigenvalue weighted by molar-refractivity contribution is 5.87. The molecule has 0 amide bonds. The molecule has 3 atom stereocenters. The lowest BCUT2D eigenvalue weighted by molar-refractivity contribution is -0.0139. The van der Waals surface area contributed by atoms with Crippen LogP contribution in [0.4, 0.5) is 0 Å². The van der Waals surface area contributed by atoms with Gasteiger partial charge in [-0.2, -0.15) is 0 Å². The average Bonchev–Trinajstić information content (AvgIpc) is 2.79. The van der Waals surface area contributed by atoms with Gasteiger partial charge in [0.15, 0.2) is 0 Å². The van der Waals surface area contributed by atoms with Crippen molar-refractivity contribution >= 4 is 5.97 Å². The quantitative estimate of drug-likeness (QED) is 0.893. The predicted octanol–water partition coefficient (Wildman–Crippen LogP) is 3.32. The Labute approximate surface area is 107 Å². The zero-order valence-corrected chi connectivity index (χ0v) is 10.9. The number of carboxylic acid groups (broad SMARTS) is 1. The Morgan fingerprint density at radius 2 is 2.22 bits per heavy atom. The molecule has 1 N–H and O–H groups in total. The van der Waals surface area contributed by atoms with Crippen LogP contribution in [0.3, 0.4) is 0 Å². The smallest absolute Gasteiger partial charge is 0.338 e. The minimum atomic E-state index is -0.967. The van der Waals surface area contributed by atoms with Gasteiger partial charge in [-0.15, -0.1) is 0 Å². The molecule has 4 heteroatoms. The van der Waals surface area contributed by atoms with Gasteiger partial charge in [-0.05, 0) is 37.2 Å². The van der Waals surface area contributed by atoms with Crippen molar-refractivity contribution in [3.63, 3.8) is 0 Å². The molecular formula is C14H20O4. The van der Waals surface area contributed by atoms with Gasteiger partial charge in [0.25, 0.3) is 0 Å². The standard InChI is InChI=1S/C14H20O4/c1-9-3-4-12(5-10(9)2)18-8-13-6-11(7-17-13)14(15)16/h6-7,9-10,12H,3-5,8H2,1-2H3,(H,15,16). The highest BCUT2D eigenvalue weighted by atomic mass is 16.5. The van der Waals surface area contributed by atoms with Gasteiger partial charge in [-0.25, -0.2) is 4.79 Å². The van der Waals surface area contributed by atoms with E-state index in [-0.39, 0.29) is 11.7 Å². The fraction of sp³-hybridized carbons (Fsp3) is 0.643. The first kappa shape index (κ1) is 13.1. The molecule has 4 nitrogen and oxygen atoms in total. The van der Waals surface area contributed by atoms with E-state index in [1.165, 1.54) is 18.8 Å². The Morgan fingerprint density at radius 3 is 2.83 bits per heavy atom. The van der Waals surface area contributed by atoms with Gasteiger partial charge >= 0.3 is 5.97 Å². The number of hydrogen-bond donors (Lipinski definition) is 1. The molecule has 1 aromatic rings. The lowest BCUT2D eigenvalue weighted by atomic mass is 9.80. The molecule has 2 rings (SSSR count). The summed E-state index contributed by atoms with van der Waals surface area (Å²) in [7, 11) is 0. The van der Waals surface area contributed by atoms with Gasteiger partial charge in [0.1, 0.15) is 18.6 Å². The van der Waals surface area contributed by atoms with Crippen LogP contribution in [0, 0.1) is 11.8 Å². The molecule has 0 radical (unpaired) electrons. The molecule has 0 saturated heterocycles. The van der Waals surface area contributed by atoms with Crippen molar-refractivity contribution in [2.24, 2.45) is 11.8 Å². The van der Waals surface area contributed by atoms with E-state index in [4.69, 9.17) is 14.3 Å². The van der Waals surface area contributed by atoms with E-state index in [2.05, 4.69) is 13.8 Å². The van der Waals surface area contributed by atoms with Gasteiger partial charge in [-0.1, -0.05) is 13.8 Å². The number of carbonyl (C=O) groups is 1. The second-order valence-corrected chi connectivity index (χ2v) is 5.31. The molecule has 1 aromatic heterocycles. The third-order valence-electron chi connectivity index (χ3n) is 3.91. The molecule has 1 fully saturated rings. The van der Waals surface area contributed by atoms with Crippen molar-refractivity contribution in [3.05, 3.63) is 23.7 Å². The fourth-order valence-corrected chi connectivity index (χ4v) is 2.42. The largest absolute Gasteiger partial charge is 0.478 e. The molecule has 3 unspecified atom stereocenters. The second-order valence-electron chi connectivity index (χ2n) is 5.31. The van der Waals surface area contributed by atoms with E-state index >= 15 is 0 Å². The maximum atomic E-state index is 10.7. The van der Waals surface area contributed by atoms with Crippen molar-refractivity contribution in [3.8, 4) is 0 Å². The van der Waals surface area contributed by atoms with Crippen LogP contribution < -0.4 is 0 Å². The molecule has 1 aliphatic carbocycles. The Morgan fingerprint density at radius 1 is 1.44 bits per heavy atom. The number of carboxylic acids is 1. The van der Waals surface area contributed by atoms with Crippen LogP contribution in [-0.4, -0.2) is 17.2 Å². The van der Waals surface area contributed by atoms with Gasteiger partial charge in [0.05, 0.1) is 11.7 Å². The van der Waals surface area contributed by atoms with Crippen LogP contribution in [0.2, 0.25) is 0 Å². The maximum absolute atomic E-state index is 10.7. The van der Waals surface area contributed by atoms with Crippen molar-refractivity contribution in [2.75, 3.05) is 0 Å². The molecule has 1 saturated carbocycles. The monoisotopic (exact) mass is 252 g/mol. The summed E-state index contributed by atoms with van der Waals surface area (Å²) >= 11 is 0. The lowest BCUT2D eigenvalue weighted by Gasteiger charge is -2.31. The van der Waals surface area contributed by atoms with Crippen LogP contribution in [-0.2, 0) is 11.3 Å². The minimum Gasteiger partial charge on any atom is -0.478 e. The van der Waals surface area contributed by atoms with E-state index in [1.54, 1.807) is 0 Å². The minimum absolute atomic E-state index is 0.180. The molecule has 0 spiro atoms. The van der Waals surface area contributed by atoms with Crippen LogP contribution in [0.15, 0.2) is 16.7 Å². The van der Waals surface area contributed by atoms with E-state index in [0.29, 0.717) is 18.3 Å². The first-order valence-electron chi connectivity index (χ1n) is 6.48. The first-order chi connectivity index (χ1) is 8.56. The SMILES string of the molecule is CC1CCC(OCc2cc(C(=O)O)co2)CC1C. The third kappa shape index (κ3) is 3.13. The fourth-order valence-electron chi connectivity index (χ4n) is 2.42. The molecule has 0 aliphatic heterocycles. The Bertz CT molecular complexity index is 410. The molecular weight excluding hydrogens is 232 g/mol. The van der Waals surface area contributed by atoms with Crippen molar-refractivity contribution in [2.45, 2.75) is 45.8 Å². The molecule has 1 aliphatic rings. The van der Waals surface area contributed by atoms with Gasteiger partial charge < -0.3 is 14.3 Å².